The molecule has 2 rings (SSSR count). The number of benzene rings is 2. The zero-order chi connectivity index (χ0) is 11.5. The molecule has 0 aliphatic carbocycles. The number of ether oxygens (including phenoxy) is 1. The van der Waals surface area contributed by atoms with Crippen molar-refractivity contribution in [3.8, 4) is 5.75 Å². The van der Waals surface area contributed by atoms with Crippen molar-refractivity contribution in [2.24, 2.45) is 0 Å². The van der Waals surface area contributed by atoms with Gasteiger partial charge in [0.2, 0.25) is 0 Å². The van der Waals surface area contributed by atoms with Crippen molar-refractivity contribution in [1.29, 1.82) is 0 Å². The van der Waals surface area contributed by atoms with Crippen molar-refractivity contribution < 1.29 is 18.3 Å². The standard InChI is InChI=1S/C12H8F2O2/c13-12(14)16-11-3-1-2-9-5-4-8(7-15)6-10(9)11/h1-7,12H. The van der Waals surface area contributed by atoms with Crippen LogP contribution in [0.15, 0.2) is 36.4 Å². The molecule has 0 amide bonds. The van der Waals surface area contributed by atoms with Gasteiger partial charge in [0.15, 0.2) is 0 Å². The zero-order valence-electron chi connectivity index (χ0n) is 8.19. The molecule has 0 saturated heterocycles. The molecule has 0 atom stereocenters. The van der Waals surface area contributed by atoms with Gasteiger partial charge in [0.1, 0.15) is 12.0 Å². The van der Waals surface area contributed by atoms with E-state index < -0.39 is 6.61 Å². The van der Waals surface area contributed by atoms with E-state index in [9.17, 15) is 13.6 Å². The number of carbonyl (C=O) groups excluding carboxylic acids is 1. The Morgan fingerprint density at radius 3 is 2.69 bits per heavy atom. The minimum absolute atomic E-state index is 0.0798. The van der Waals surface area contributed by atoms with Crippen molar-refractivity contribution in [3.63, 3.8) is 0 Å². The quantitative estimate of drug-likeness (QED) is 0.745. The van der Waals surface area contributed by atoms with Gasteiger partial charge in [-0.05, 0) is 17.5 Å². The number of carbonyl (C=O) groups is 1. The van der Waals surface area contributed by atoms with Crippen LogP contribution >= 0.6 is 0 Å². The summed E-state index contributed by atoms with van der Waals surface area (Å²) in [6.45, 7) is -2.87. The molecule has 0 fully saturated rings. The van der Waals surface area contributed by atoms with Gasteiger partial charge in [-0.15, -0.1) is 0 Å². The minimum Gasteiger partial charge on any atom is -0.434 e. The van der Waals surface area contributed by atoms with Gasteiger partial charge in [-0.25, -0.2) is 0 Å². The third kappa shape index (κ3) is 2.00. The zero-order valence-corrected chi connectivity index (χ0v) is 8.19. The van der Waals surface area contributed by atoms with Crippen LogP contribution in [0.5, 0.6) is 5.75 Å². The molecule has 16 heavy (non-hydrogen) atoms. The van der Waals surface area contributed by atoms with Crippen LogP contribution in [0.2, 0.25) is 0 Å². The summed E-state index contributed by atoms with van der Waals surface area (Å²) in [6.07, 6.45) is 0.665. The maximum absolute atomic E-state index is 12.1. The van der Waals surface area contributed by atoms with Crippen LogP contribution in [-0.2, 0) is 0 Å². The average molecular weight is 222 g/mol. The Labute approximate surface area is 90.4 Å². The van der Waals surface area contributed by atoms with Crippen LogP contribution < -0.4 is 4.74 Å². The van der Waals surface area contributed by atoms with Crippen LogP contribution in [-0.4, -0.2) is 12.9 Å². The maximum Gasteiger partial charge on any atom is 0.387 e. The minimum atomic E-state index is -2.87. The monoisotopic (exact) mass is 222 g/mol. The third-order valence-electron chi connectivity index (χ3n) is 2.22. The molecule has 2 nitrogen and oxygen atoms in total. The lowest BCUT2D eigenvalue weighted by Gasteiger charge is -2.08. The van der Waals surface area contributed by atoms with E-state index in [0.29, 0.717) is 17.2 Å². The fraction of sp³-hybridized carbons (Fsp3) is 0.0833. The fourth-order valence-electron chi connectivity index (χ4n) is 1.53. The van der Waals surface area contributed by atoms with Crippen molar-refractivity contribution >= 4 is 17.1 Å². The number of alkyl halides is 2. The second-order valence-corrected chi connectivity index (χ2v) is 3.23. The molecule has 2 aromatic rings. The molecular weight excluding hydrogens is 214 g/mol. The van der Waals surface area contributed by atoms with Crippen LogP contribution in [0.3, 0.4) is 0 Å². The van der Waals surface area contributed by atoms with Gasteiger partial charge in [0, 0.05) is 10.9 Å². The number of aldehydes is 1. The highest BCUT2D eigenvalue weighted by atomic mass is 19.3. The lowest BCUT2D eigenvalue weighted by Crippen LogP contribution is -2.02. The summed E-state index contributed by atoms with van der Waals surface area (Å²) in [5.41, 5.74) is 0.429. The summed E-state index contributed by atoms with van der Waals surface area (Å²) in [5, 5.41) is 1.26. The Balaban J connectivity index is 2.59. The first kappa shape index (κ1) is 10.5. The molecule has 82 valence electrons. The molecule has 0 aliphatic rings. The summed E-state index contributed by atoms with van der Waals surface area (Å²) < 4.78 is 28.7. The summed E-state index contributed by atoms with van der Waals surface area (Å²) in [4.78, 5) is 10.6. The van der Waals surface area contributed by atoms with Gasteiger partial charge < -0.3 is 4.74 Å². The molecule has 2 aromatic carbocycles. The number of halogens is 2. The molecule has 0 spiro atoms. The van der Waals surface area contributed by atoms with Crippen LogP contribution in [0, 0.1) is 0 Å². The second kappa shape index (κ2) is 4.26. The van der Waals surface area contributed by atoms with Gasteiger partial charge in [0.05, 0.1) is 0 Å². The van der Waals surface area contributed by atoms with E-state index in [1.54, 1.807) is 24.3 Å². The first-order chi connectivity index (χ1) is 7.70. The Bertz CT molecular complexity index is 523. The number of hydrogen-bond donors (Lipinski definition) is 0. The molecule has 0 saturated carbocycles. The molecule has 0 bridgehead atoms. The predicted molar refractivity (Wildman–Crippen MR) is 56.0 cm³/mol. The summed E-state index contributed by atoms with van der Waals surface area (Å²) in [5.74, 6) is 0.0798. The van der Waals surface area contributed by atoms with Crippen LogP contribution in [0.1, 0.15) is 10.4 Å². The topological polar surface area (TPSA) is 26.3 Å². The smallest absolute Gasteiger partial charge is 0.387 e. The second-order valence-electron chi connectivity index (χ2n) is 3.23. The van der Waals surface area contributed by atoms with E-state index in [4.69, 9.17) is 0 Å². The van der Waals surface area contributed by atoms with Crippen molar-refractivity contribution in [2.45, 2.75) is 6.61 Å². The summed E-state index contributed by atoms with van der Waals surface area (Å²) in [6, 6.07) is 9.69. The summed E-state index contributed by atoms with van der Waals surface area (Å²) in [7, 11) is 0. The Morgan fingerprint density at radius 2 is 2.00 bits per heavy atom. The first-order valence-electron chi connectivity index (χ1n) is 4.63. The van der Waals surface area contributed by atoms with Gasteiger partial charge >= 0.3 is 6.61 Å². The highest BCUT2D eigenvalue weighted by molar-refractivity contribution is 5.92. The molecule has 0 heterocycles. The molecule has 0 N–H and O–H groups in total. The maximum atomic E-state index is 12.1. The van der Waals surface area contributed by atoms with Crippen molar-refractivity contribution in [2.75, 3.05) is 0 Å². The molecule has 4 heteroatoms. The molecule has 0 radical (unpaired) electrons. The molecule has 0 aliphatic heterocycles. The van der Waals surface area contributed by atoms with Crippen LogP contribution in [0.25, 0.3) is 10.8 Å². The average Bonchev–Trinajstić information content (AvgIpc) is 2.28. The Morgan fingerprint density at radius 1 is 1.19 bits per heavy atom. The van der Waals surface area contributed by atoms with Crippen LogP contribution in [0.4, 0.5) is 8.78 Å². The van der Waals surface area contributed by atoms with Crippen molar-refractivity contribution in [3.05, 3.63) is 42.0 Å². The van der Waals surface area contributed by atoms with E-state index in [0.717, 1.165) is 5.39 Å². The van der Waals surface area contributed by atoms with Gasteiger partial charge in [-0.2, -0.15) is 8.78 Å². The third-order valence-corrected chi connectivity index (χ3v) is 2.22. The Kier molecular flexibility index (Phi) is 2.81. The lowest BCUT2D eigenvalue weighted by molar-refractivity contribution is -0.0487. The van der Waals surface area contributed by atoms with E-state index in [1.165, 1.54) is 12.1 Å². The van der Waals surface area contributed by atoms with E-state index in [2.05, 4.69) is 4.74 Å². The highest BCUT2D eigenvalue weighted by Crippen LogP contribution is 2.27. The normalized spacial score (nSPS) is 10.7. The highest BCUT2D eigenvalue weighted by Gasteiger charge is 2.08. The Hall–Kier alpha value is -1.97. The van der Waals surface area contributed by atoms with E-state index in [-0.39, 0.29) is 5.75 Å². The van der Waals surface area contributed by atoms with Gasteiger partial charge in [-0.1, -0.05) is 24.3 Å². The number of rotatable bonds is 3. The lowest BCUT2D eigenvalue weighted by atomic mass is 10.1. The summed E-state index contributed by atoms with van der Waals surface area (Å²) >= 11 is 0. The molecular formula is C12H8F2O2. The van der Waals surface area contributed by atoms with Crippen molar-refractivity contribution in [1.82, 2.24) is 0 Å². The largest absolute Gasteiger partial charge is 0.434 e. The predicted octanol–water partition coefficient (Wildman–Crippen LogP) is 3.25. The first-order valence-corrected chi connectivity index (χ1v) is 4.63. The van der Waals surface area contributed by atoms with Gasteiger partial charge in [-0.3, -0.25) is 4.79 Å². The van der Waals surface area contributed by atoms with E-state index in [1.807, 2.05) is 0 Å². The molecule has 0 aromatic heterocycles. The molecule has 0 unspecified atom stereocenters. The van der Waals surface area contributed by atoms with Gasteiger partial charge in [0.25, 0.3) is 0 Å². The fourth-order valence-corrected chi connectivity index (χ4v) is 1.53. The SMILES string of the molecule is O=Cc1ccc2cccc(OC(F)F)c2c1. The number of hydrogen-bond acceptors (Lipinski definition) is 2. The number of fused-ring (bicyclic) bond motifs is 1. The van der Waals surface area contributed by atoms with E-state index >= 15 is 0 Å².